The zero-order valence-electron chi connectivity index (χ0n) is 21.6. The predicted octanol–water partition coefficient (Wildman–Crippen LogP) is 2.12. The Morgan fingerprint density at radius 3 is 2.59 bits per heavy atom. The molecule has 3 amide bonds. The van der Waals surface area contributed by atoms with E-state index in [4.69, 9.17) is 4.74 Å². The van der Waals surface area contributed by atoms with Gasteiger partial charge in [-0.15, -0.1) is 0 Å². The molecule has 2 fully saturated rings. The van der Waals surface area contributed by atoms with Gasteiger partial charge in [0.05, 0.1) is 13.5 Å². The van der Waals surface area contributed by atoms with Crippen LogP contribution in [0.1, 0.15) is 31.2 Å². The zero-order chi connectivity index (χ0) is 26.0. The van der Waals surface area contributed by atoms with Gasteiger partial charge in [0.1, 0.15) is 11.6 Å². The Labute approximate surface area is 218 Å². The lowest BCUT2D eigenvalue weighted by molar-refractivity contribution is -0.136. The highest BCUT2D eigenvalue weighted by Crippen LogP contribution is 2.20. The molecule has 2 saturated heterocycles. The molecule has 0 aliphatic carbocycles. The van der Waals surface area contributed by atoms with Crippen molar-refractivity contribution in [3.05, 3.63) is 54.2 Å². The summed E-state index contributed by atoms with van der Waals surface area (Å²) in [4.78, 5) is 49.3. The van der Waals surface area contributed by atoms with Gasteiger partial charge in [0.15, 0.2) is 0 Å². The van der Waals surface area contributed by atoms with Crippen molar-refractivity contribution < 1.29 is 19.1 Å². The van der Waals surface area contributed by atoms with Gasteiger partial charge < -0.3 is 24.8 Å². The van der Waals surface area contributed by atoms with Gasteiger partial charge in [0, 0.05) is 64.3 Å². The largest absolute Gasteiger partial charge is 0.497 e. The molecule has 4 rings (SSSR count). The fourth-order valence-corrected chi connectivity index (χ4v) is 5.02. The summed E-state index contributed by atoms with van der Waals surface area (Å²) < 4.78 is 5.27. The third-order valence-electron chi connectivity index (χ3n) is 7.16. The van der Waals surface area contributed by atoms with Gasteiger partial charge in [0.2, 0.25) is 17.7 Å². The molecule has 37 heavy (non-hydrogen) atoms. The first kappa shape index (κ1) is 26.4. The van der Waals surface area contributed by atoms with Crippen molar-refractivity contribution in [1.29, 1.82) is 0 Å². The molecule has 0 spiro atoms. The molecule has 3 heterocycles. The minimum Gasteiger partial charge on any atom is -0.497 e. The Kier molecular flexibility index (Phi) is 9.35. The molecule has 1 aromatic carbocycles. The van der Waals surface area contributed by atoms with E-state index in [1.165, 1.54) is 0 Å². The second kappa shape index (κ2) is 13.1. The Balaban J connectivity index is 1.34. The molecule has 2 aliphatic rings. The maximum absolute atomic E-state index is 13.4. The predicted molar refractivity (Wildman–Crippen MR) is 141 cm³/mol. The number of ether oxygens (including phenoxy) is 1. The molecular formula is C28H37N5O4. The van der Waals surface area contributed by atoms with Crippen LogP contribution >= 0.6 is 0 Å². The molecule has 1 aromatic heterocycles. The number of rotatable bonds is 5. The molecule has 0 saturated carbocycles. The van der Waals surface area contributed by atoms with E-state index in [0.717, 1.165) is 30.9 Å². The fraction of sp³-hybridized carbons (Fsp3) is 0.500. The average Bonchev–Trinajstić information content (AvgIpc) is 2.98. The van der Waals surface area contributed by atoms with E-state index < -0.39 is 0 Å². The Hall–Kier alpha value is -3.62. The molecule has 1 atom stereocenters. The van der Waals surface area contributed by atoms with E-state index in [2.05, 4.69) is 15.2 Å². The Morgan fingerprint density at radius 2 is 1.84 bits per heavy atom. The van der Waals surface area contributed by atoms with E-state index in [-0.39, 0.29) is 36.5 Å². The highest BCUT2D eigenvalue weighted by Gasteiger charge is 2.28. The second-order valence-electron chi connectivity index (χ2n) is 9.64. The highest BCUT2D eigenvalue weighted by molar-refractivity contribution is 5.81. The lowest BCUT2D eigenvalue weighted by Crippen LogP contribution is -2.51. The topological polar surface area (TPSA) is 95.1 Å². The SMILES string of the molecule is COc1cccc(CC(=O)N2CCCC(C(=O)N3CCN(c4ccccn4)CC3)CCNC(=O)CC2)c1. The summed E-state index contributed by atoms with van der Waals surface area (Å²) in [5.74, 6) is 1.51. The number of piperazine rings is 1. The number of pyridine rings is 1. The highest BCUT2D eigenvalue weighted by atomic mass is 16.5. The summed E-state index contributed by atoms with van der Waals surface area (Å²) in [6.07, 6.45) is 4.33. The molecule has 0 radical (unpaired) electrons. The monoisotopic (exact) mass is 507 g/mol. The summed E-state index contributed by atoms with van der Waals surface area (Å²) in [7, 11) is 1.60. The number of nitrogens with one attached hydrogen (secondary N) is 1. The van der Waals surface area contributed by atoms with Crippen molar-refractivity contribution in [3.63, 3.8) is 0 Å². The van der Waals surface area contributed by atoms with Gasteiger partial charge in [-0.25, -0.2) is 4.98 Å². The average molecular weight is 508 g/mol. The first-order valence-electron chi connectivity index (χ1n) is 13.2. The number of nitrogens with zero attached hydrogens (tertiary/aromatic N) is 4. The summed E-state index contributed by atoms with van der Waals surface area (Å²) in [5.41, 5.74) is 0.876. The maximum atomic E-state index is 13.4. The molecule has 198 valence electrons. The van der Waals surface area contributed by atoms with Crippen LogP contribution in [0.5, 0.6) is 5.75 Å². The summed E-state index contributed by atoms with van der Waals surface area (Å²) in [5, 5.41) is 2.94. The number of carbonyl (C=O) groups excluding carboxylic acids is 3. The molecular weight excluding hydrogens is 470 g/mol. The minimum atomic E-state index is -0.171. The quantitative estimate of drug-likeness (QED) is 0.666. The molecule has 1 N–H and O–H groups in total. The number of hydrogen-bond acceptors (Lipinski definition) is 6. The van der Waals surface area contributed by atoms with Crippen LogP contribution < -0.4 is 15.0 Å². The molecule has 0 bridgehead atoms. The third kappa shape index (κ3) is 7.44. The van der Waals surface area contributed by atoms with Crippen LogP contribution in [-0.2, 0) is 20.8 Å². The van der Waals surface area contributed by atoms with Crippen LogP contribution in [0.3, 0.4) is 0 Å². The molecule has 9 heteroatoms. The normalized spacial score (nSPS) is 19.5. The Bertz CT molecular complexity index is 1060. The van der Waals surface area contributed by atoms with Crippen molar-refractivity contribution in [1.82, 2.24) is 20.1 Å². The molecule has 2 aliphatic heterocycles. The van der Waals surface area contributed by atoms with Gasteiger partial charge in [-0.2, -0.15) is 0 Å². The van der Waals surface area contributed by atoms with Crippen LogP contribution in [0.2, 0.25) is 0 Å². The van der Waals surface area contributed by atoms with Crippen molar-refractivity contribution in [2.24, 2.45) is 5.92 Å². The molecule has 9 nitrogen and oxygen atoms in total. The number of amides is 3. The van der Waals surface area contributed by atoms with E-state index in [0.29, 0.717) is 51.3 Å². The summed E-state index contributed by atoms with van der Waals surface area (Å²) >= 11 is 0. The van der Waals surface area contributed by atoms with Crippen LogP contribution in [-0.4, -0.2) is 85.4 Å². The van der Waals surface area contributed by atoms with Crippen molar-refractivity contribution >= 4 is 23.5 Å². The van der Waals surface area contributed by atoms with Crippen LogP contribution in [0.25, 0.3) is 0 Å². The van der Waals surface area contributed by atoms with Crippen LogP contribution in [0.4, 0.5) is 5.82 Å². The first-order valence-corrected chi connectivity index (χ1v) is 13.2. The van der Waals surface area contributed by atoms with Gasteiger partial charge in [0.25, 0.3) is 0 Å². The van der Waals surface area contributed by atoms with Crippen molar-refractivity contribution in [3.8, 4) is 5.75 Å². The molecule has 1 unspecified atom stereocenters. The third-order valence-corrected chi connectivity index (χ3v) is 7.16. The molecule has 2 aromatic rings. The standard InChI is InChI=1S/C28H37N5O4/c1-37-24-8-4-6-22(20-24)21-27(35)32-14-5-7-23(10-13-30-26(34)11-15-32)28(36)33-18-16-31(17-19-33)25-9-2-3-12-29-25/h2-4,6,8-9,12,20,23H,5,7,10-11,13-19,21H2,1H3,(H,30,34). The van der Waals surface area contributed by atoms with Gasteiger partial charge in [-0.1, -0.05) is 18.2 Å². The summed E-state index contributed by atoms with van der Waals surface area (Å²) in [6, 6.07) is 13.3. The fourth-order valence-electron chi connectivity index (χ4n) is 5.02. The lowest BCUT2D eigenvalue weighted by Gasteiger charge is -2.37. The number of benzene rings is 1. The zero-order valence-corrected chi connectivity index (χ0v) is 21.6. The van der Waals surface area contributed by atoms with Gasteiger partial charge in [-0.3, -0.25) is 14.4 Å². The Morgan fingerprint density at radius 1 is 1.00 bits per heavy atom. The van der Waals surface area contributed by atoms with Crippen LogP contribution in [0.15, 0.2) is 48.7 Å². The number of carbonyl (C=O) groups is 3. The van der Waals surface area contributed by atoms with Crippen molar-refractivity contribution in [2.75, 3.05) is 57.8 Å². The lowest BCUT2D eigenvalue weighted by atomic mass is 9.96. The van der Waals surface area contributed by atoms with E-state index in [1.807, 2.05) is 47.4 Å². The maximum Gasteiger partial charge on any atom is 0.227 e. The second-order valence-corrected chi connectivity index (χ2v) is 9.64. The minimum absolute atomic E-state index is 0.0196. The number of anilines is 1. The van der Waals surface area contributed by atoms with E-state index in [1.54, 1.807) is 18.2 Å². The van der Waals surface area contributed by atoms with Gasteiger partial charge >= 0.3 is 0 Å². The summed E-state index contributed by atoms with van der Waals surface area (Å²) in [6.45, 7) is 4.20. The number of methoxy groups -OCH3 is 1. The van der Waals surface area contributed by atoms with Crippen LogP contribution in [0, 0.1) is 5.92 Å². The van der Waals surface area contributed by atoms with E-state index in [9.17, 15) is 14.4 Å². The van der Waals surface area contributed by atoms with Gasteiger partial charge in [-0.05, 0) is 49.1 Å². The van der Waals surface area contributed by atoms with E-state index >= 15 is 0 Å². The smallest absolute Gasteiger partial charge is 0.227 e. The van der Waals surface area contributed by atoms with Crippen molar-refractivity contribution in [2.45, 2.75) is 32.1 Å². The number of hydrogen-bond donors (Lipinski definition) is 1. The first-order chi connectivity index (χ1) is 18.0. The number of aromatic nitrogens is 1.